The lowest BCUT2D eigenvalue weighted by Crippen LogP contribution is -2.29. The van der Waals surface area contributed by atoms with Crippen molar-refractivity contribution in [2.75, 3.05) is 14.2 Å². The fourth-order valence-electron chi connectivity index (χ4n) is 2.71. The average molecular weight is 354 g/mol. The first-order chi connectivity index (χ1) is 12.1. The van der Waals surface area contributed by atoms with Gasteiger partial charge in [0.15, 0.2) is 0 Å². The smallest absolute Gasteiger partial charge is 0.223 e. The number of carbonyl (C=O) groups is 1. The Bertz CT molecular complexity index is 842. The van der Waals surface area contributed by atoms with Gasteiger partial charge in [-0.25, -0.2) is 4.98 Å². The van der Waals surface area contributed by atoms with E-state index in [-0.39, 0.29) is 11.9 Å². The van der Waals surface area contributed by atoms with Gasteiger partial charge in [-0.15, -0.1) is 11.3 Å². The summed E-state index contributed by atoms with van der Waals surface area (Å²) >= 11 is 1.65. The zero-order chi connectivity index (χ0) is 17.8. The molecule has 3 aromatic rings. The molecule has 3 rings (SSSR count). The Kier molecular flexibility index (Phi) is 5.34. The summed E-state index contributed by atoms with van der Waals surface area (Å²) in [5, 5.41) is 0.971. The molecule has 0 aliphatic rings. The van der Waals surface area contributed by atoms with E-state index in [1.165, 1.54) is 0 Å². The van der Waals surface area contributed by atoms with Crippen LogP contribution >= 0.6 is 11.3 Å². The number of hydrogen-bond acceptors (Lipinski definition) is 4. The van der Waals surface area contributed by atoms with Crippen molar-refractivity contribution in [2.45, 2.75) is 25.8 Å². The Morgan fingerprint density at radius 3 is 2.80 bits per heavy atom. The number of hydrogen-bond donors (Lipinski definition) is 0. The van der Waals surface area contributed by atoms with Crippen LogP contribution in [0.25, 0.3) is 10.2 Å². The number of amides is 1. The number of ether oxygens (including phenoxy) is 1. The van der Waals surface area contributed by atoms with Crippen LogP contribution in [0.5, 0.6) is 5.75 Å². The van der Waals surface area contributed by atoms with Crippen LogP contribution in [0.3, 0.4) is 0 Å². The number of carbonyl (C=O) groups excluding carboxylic acids is 1. The van der Waals surface area contributed by atoms with Crippen LogP contribution in [-0.4, -0.2) is 29.9 Å². The number of nitrogens with zero attached hydrogens (tertiary/aromatic N) is 2. The summed E-state index contributed by atoms with van der Waals surface area (Å²) in [6.07, 6.45) is 1.17. The fraction of sp³-hybridized carbons (Fsp3) is 0.300. The highest BCUT2D eigenvalue weighted by Crippen LogP contribution is 2.29. The van der Waals surface area contributed by atoms with Crippen LogP contribution in [0.2, 0.25) is 0 Å². The maximum absolute atomic E-state index is 12.6. The molecule has 1 amide bonds. The van der Waals surface area contributed by atoms with Crippen molar-refractivity contribution < 1.29 is 9.53 Å². The Morgan fingerprint density at radius 2 is 2.04 bits per heavy atom. The summed E-state index contributed by atoms with van der Waals surface area (Å²) in [5.74, 6) is 0.940. The van der Waals surface area contributed by atoms with E-state index in [9.17, 15) is 4.79 Å². The molecule has 25 heavy (non-hydrogen) atoms. The molecule has 130 valence electrons. The number of aryl methyl sites for hydroxylation is 1. The fourth-order valence-corrected chi connectivity index (χ4v) is 3.77. The summed E-state index contributed by atoms with van der Waals surface area (Å²) in [6, 6.07) is 15.9. The molecule has 5 heteroatoms. The Balaban J connectivity index is 1.64. The molecule has 0 saturated heterocycles. The molecule has 0 N–H and O–H groups in total. The molecular formula is C20H22N2O2S. The molecule has 1 heterocycles. The monoisotopic (exact) mass is 354 g/mol. The Morgan fingerprint density at radius 1 is 1.24 bits per heavy atom. The molecule has 1 unspecified atom stereocenters. The molecule has 0 aliphatic heterocycles. The second kappa shape index (κ2) is 7.66. The number of rotatable bonds is 6. The van der Waals surface area contributed by atoms with Crippen molar-refractivity contribution in [1.29, 1.82) is 0 Å². The second-order valence-corrected chi connectivity index (χ2v) is 7.11. The molecule has 4 nitrogen and oxygen atoms in total. The van der Waals surface area contributed by atoms with Gasteiger partial charge in [0, 0.05) is 13.5 Å². The lowest BCUT2D eigenvalue weighted by molar-refractivity contribution is -0.131. The van der Waals surface area contributed by atoms with E-state index in [2.05, 4.69) is 11.1 Å². The third-order valence-corrected chi connectivity index (χ3v) is 5.61. The van der Waals surface area contributed by atoms with Gasteiger partial charge in [-0.3, -0.25) is 4.79 Å². The molecular weight excluding hydrogens is 332 g/mol. The zero-order valence-corrected chi connectivity index (χ0v) is 15.5. The third kappa shape index (κ3) is 3.99. The molecule has 1 aromatic heterocycles. The van der Waals surface area contributed by atoms with E-state index < -0.39 is 0 Å². The van der Waals surface area contributed by atoms with E-state index in [0.717, 1.165) is 26.5 Å². The summed E-state index contributed by atoms with van der Waals surface area (Å²) in [7, 11) is 3.50. The zero-order valence-electron chi connectivity index (χ0n) is 14.7. The van der Waals surface area contributed by atoms with Gasteiger partial charge >= 0.3 is 0 Å². The number of thiazole rings is 1. The van der Waals surface area contributed by atoms with E-state index >= 15 is 0 Å². The van der Waals surface area contributed by atoms with Gasteiger partial charge < -0.3 is 9.64 Å². The van der Waals surface area contributed by atoms with Gasteiger partial charge in [0.25, 0.3) is 0 Å². The van der Waals surface area contributed by atoms with Gasteiger partial charge in [-0.2, -0.15) is 0 Å². The summed E-state index contributed by atoms with van der Waals surface area (Å²) < 4.78 is 6.39. The molecule has 0 aliphatic carbocycles. The predicted octanol–water partition coefficient (Wildman–Crippen LogP) is 4.46. The molecule has 2 aromatic carbocycles. The average Bonchev–Trinajstić information content (AvgIpc) is 3.09. The number of benzene rings is 2. The number of methoxy groups -OCH3 is 1. The van der Waals surface area contributed by atoms with Gasteiger partial charge in [0.2, 0.25) is 5.91 Å². The highest BCUT2D eigenvalue weighted by atomic mass is 32.1. The topological polar surface area (TPSA) is 42.4 Å². The van der Waals surface area contributed by atoms with Gasteiger partial charge in [-0.05, 0) is 43.2 Å². The summed E-state index contributed by atoms with van der Waals surface area (Å²) in [4.78, 5) is 19.0. The van der Waals surface area contributed by atoms with Crippen LogP contribution in [0.15, 0.2) is 48.5 Å². The van der Waals surface area contributed by atoms with Crippen LogP contribution in [0, 0.1) is 0 Å². The third-order valence-electron chi connectivity index (χ3n) is 4.40. The first kappa shape index (κ1) is 17.4. The van der Waals surface area contributed by atoms with E-state index in [1.807, 2.05) is 56.4 Å². The van der Waals surface area contributed by atoms with Crippen LogP contribution < -0.4 is 4.74 Å². The van der Waals surface area contributed by atoms with E-state index in [4.69, 9.17) is 4.74 Å². The highest BCUT2D eigenvalue weighted by molar-refractivity contribution is 7.18. The van der Waals surface area contributed by atoms with Crippen molar-refractivity contribution in [2.24, 2.45) is 0 Å². The minimum Gasteiger partial charge on any atom is -0.497 e. The van der Waals surface area contributed by atoms with Gasteiger partial charge in [0.1, 0.15) is 10.8 Å². The minimum atomic E-state index is -0.0322. The standard InChI is InChI=1S/C20H22N2O2S/c1-14(20-21-17-9-4-5-10-18(17)25-20)22(2)19(23)12-11-15-7-6-8-16(13-15)24-3/h4-10,13-14H,11-12H2,1-3H3. The molecule has 1 atom stereocenters. The lowest BCUT2D eigenvalue weighted by Gasteiger charge is -2.23. The minimum absolute atomic E-state index is 0.0322. The van der Waals surface area contributed by atoms with Crippen LogP contribution in [-0.2, 0) is 11.2 Å². The predicted molar refractivity (Wildman–Crippen MR) is 102 cm³/mol. The van der Waals surface area contributed by atoms with Crippen molar-refractivity contribution in [3.05, 3.63) is 59.1 Å². The first-order valence-electron chi connectivity index (χ1n) is 8.32. The van der Waals surface area contributed by atoms with Crippen molar-refractivity contribution in [1.82, 2.24) is 9.88 Å². The Hall–Kier alpha value is -2.40. The maximum Gasteiger partial charge on any atom is 0.223 e. The SMILES string of the molecule is COc1cccc(CCC(=O)N(C)C(C)c2nc3ccccc3s2)c1. The van der Waals surface area contributed by atoms with E-state index in [0.29, 0.717) is 12.8 Å². The van der Waals surface area contributed by atoms with Crippen LogP contribution in [0.4, 0.5) is 0 Å². The number of fused-ring (bicyclic) bond motifs is 1. The molecule has 0 saturated carbocycles. The van der Waals surface area contributed by atoms with Gasteiger partial charge in [-0.1, -0.05) is 24.3 Å². The normalized spacial score (nSPS) is 12.1. The highest BCUT2D eigenvalue weighted by Gasteiger charge is 2.20. The van der Waals surface area contributed by atoms with Crippen molar-refractivity contribution in [3.63, 3.8) is 0 Å². The number of aromatic nitrogens is 1. The Labute approximate surface area is 152 Å². The summed E-state index contributed by atoms with van der Waals surface area (Å²) in [6.45, 7) is 2.03. The molecule has 0 bridgehead atoms. The van der Waals surface area contributed by atoms with Crippen LogP contribution in [0.1, 0.15) is 30.0 Å². The molecule has 0 radical (unpaired) electrons. The second-order valence-electron chi connectivity index (χ2n) is 6.05. The lowest BCUT2D eigenvalue weighted by atomic mass is 10.1. The maximum atomic E-state index is 12.6. The van der Waals surface area contributed by atoms with Gasteiger partial charge in [0.05, 0.1) is 23.4 Å². The largest absolute Gasteiger partial charge is 0.497 e. The van der Waals surface area contributed by atoms with E-state index in [1.54, 1.807) is 23.3 Å². The molecule has 0 fully saturated rings. The molecule has 0 spiro atoms. The quantitative estimate of drug-likeness (QED) is 0.656. The number of para-hydroxylation sites is 1. The van der Waals surface area contributed by atoms with Crippen molar-refractivity contribution >= 4 is 27.5 Å². The van der Waals surface area contributed by atoms with Crippen molar-refractivity contribution in [3.8, 4) is 5.75 Å². The summed E-state index contributed by atoms with van der Waals surface area (Å²) in [5.41, 5.74) is 2.10. The first-order valence-corrected chi connectivity index (χ1v) is 9.14.